The Hall–Kier alpha value is -1.77. The van der Waals surface area contributed by atoms with Crippen LogP contribution < -0.4 is 0 Å². The van der Waals surface area contributed by atoms with Gasteiger partial charge in [-0.15, -0.1) is 0 Å². The highest BCUT2D eigenvalue weighted by atomic mass is 16.6. The van der Waals surface area contributed by atoms with E-state index in [4.69, 9.17) is 4.74 Å². The van der Waals surface area contributed by atoms with E-state index in [-0.39, 0.29) is 12.2 Å². The monoisotopic (exact) mass is 219 g/mol. The molecule has 3 nitrogen and oxygen atoms in total. The van der Waals surface area contributed by atoms with Crippen molar-refractivity contribution < 1.29 is 9.53 Å². The van der Waals surface area contributed by atoms with Crippen molar-refractivity contribution in [3.8, 4) is 0 Å². The summed E-state index contributed by atoms with van der Waals surface area (Å²) >= 11 is 0. The standard InChI is InChI=1S/C13H17NO2/c1-4-6-8-12(7-5-2)10-14-9-11(3)16-13(14)15/h4-8,11H,1-2,9-10H2,3H3/b8-6-,12-7+. The molecule has 1 rings (SSSR count). The SMILES string of the molecule is C=C/C=C\C(=C/C=C)CN1CC(C)OC1=O. The molecule has 0 aromatic carbocycles. The molecule has 16 heavy (non-hydrogen) atoms. The van der Waals surface area contributed by atoms with Crippen LogP contribution in [0.4, 0.5) is 4.79 Å². The van der Waals surface area contributed by atoms with Crippen LogP contribution in [0.25, 0.3) is 0 Å². The lowest BCUT2D eigenvalue weighted by Gasteiger charge is -2.12. The Bertz CT molecular complexity index is 342. The maximum absolute atomic E-state index is 11.4. The van der Waals surface area contributed by atoms with Gasteiger partial charge < -0.3 is 9.64 Å². The first-order chi connectivity index (χ1) is 7.67. The summed E-state index contributed by atoms with van der Waals surface area (Å²) in [5.74, 6) is 0. The lowest BCUT2D eigenvalue weighted by atomic mass is 10.2. The van der Waals surface area contributed by atoms with Crippen molar-refractivity contribution in [1.82, 2.24) is 4.90 Å². The minimum atomic E-state index is -0.255. The summed E-state index contributed by atoms with van der Waals surface area (Å²) in [6, 6.07) is 0. The van der Waals surface area contributed by atoms with Crippen LogP contribution in [0.2, 0.25) is 0 Å². The fourth-order valence-corrected chi connectivity index (χ4v) is 1.52. The second-order valence-corrected chi connectivity index (χ2v) is 3.65. The van der Waals surface area contributed by atoms with Gasteiger partial charge in [0.25, 0.3) is 0 Å². The van der Waals surface area contributed by atoms with Crippen molar-refractivity contribution in [2.75, 3.05) is 13.1 Å². The van der Waals surface area contributed by atoms with E-state index in [0.29, 0.717) is 13.1 Å². The van der Waals surface area contributed by atoms with Crippen molar-refractivity contribution in [3.63, 3.8) is 0 Å². The molecule has 0 radical (unpaired) electrons. The van der Waals surface area contributed by atoms with E-state index in [9.17, 15) is 4.79 Å². The summed E-state index contributed by atoms with van der Waals surface area (Å²) in [6.45, 7) is 10.3. The van der Waals surface area contributed by atoms with Gasteiger partial charge in [-0.2, -0.15) is 0 Å². The molecule has 1 heterocycles. The molecule has 1 aliphatic heterocycles. The molecule has 1 saturated heterocycles. The lowest BCUT2D eigenvalue weighted by Crippen LogP contribution is -2.26. The Morgan fingerprint density at radius 2 is 2.31 bits per heavy atom. The molecule has 86 valence electrons. The van der Waals surface area contributed by atoms with Crippen LogP contribution >= 0.6 is 0 Å². The summed E-state index contributed by atoms with van der Waals surface area (Å²) in [5.41, 5.74) is 1.00. The number of hydrogen-bond donors (Lipinski definition) is 0. The molecule has 0 N–H and O–H groups in total. The number of allylic oxidation sites excluding steroid dienone is 4. The third-order valence-corrected chi connectivity index (χ3v) is 2.19. The summed E-state index contributed by atoms with van der Waals surface area (Å²) < 4.78 is 5.05. The van der Waals surface area contributed by atoms with Gasteiger partial charge in [0.15, 0.2) is 0 Å². The number of hydrogen-bond acceptors (Lipinski definition) is 2. The van der Waals surface area contributed by atoms with Crippen LogP contribution in [0.15, 0.2) is 49.1 Å². The first-order valence-electron chi connectivity index (χ1n) is 5.23. The predicted octanol–water partition coefficient (Wildman–Crippen LogP) is 2.68. The molecule has 0 saturated carbocycles. The minimum Gasteiger partial charge on any atom is -0.444 e. The maximum atomic E-state index is 11.4. The van der Waals surface area contributed by atoms with Crippen LogP contribution in [-0.4, -0.2) is 30.2 Å². The number of rotatable bonds is 5. The van der Waals surface area contributed by atoms with Gasteiger partial charge in [-0.25, -0.2) is 4.79 Å². The number of amides is 1. The summed E-state index contributed by atoms with van der Waals surface area (Å²) in [6.07, 6.45) is 8.73. The largest absolute Gasteiger partial charge is 0.444 e. The Labute approximate surface area is 96.4 Å². The average molecular weight is 219 g/mol. The van der Waals surface area contributed by atoms with Crippen molar-refractivity contribution in [2.24, 2.45) is 0 Å². The van der Waals surface area contributed by atoms with E-state index in [1.165, 1.54) is 0 Å². The third kappa shape index (κ3) is 3.42. The van der Waals surface area contributed by atoms with Gasteiger partial charge in [-0.05, 0) is 12.5 Å². The maximum Gasteiger partial charge on any atom is 0.410 e. The van der Waals surface area contributed by atoms with Gasteiger partial charge in [0.05, 0.1) is 6.54 Å². The van der Waals surface area contributed by atoms with Crippen LogP contribution in [0.1, 0.15) is 6.92 Å². The molecule has 3 heteroatoms. The number of cyclic esters (lactones) is 1. The Balaban J connectivity index is 2.65. The predicted molar refractivity (Wildman–Crippen MR) is 65.1 cm³/mol. The zero-order valence-electron chi connectivity index (χ0n) is 9.56. The zero-order chi connectivity index (χ0) is 12.0. The zero-order valence-corrected chi connectivity index (χ0v) is 9.56. The second kappa shape index (κ2) is 5.95. The smallest absolute Gasteiger partial charge is 0.410 e. The number of carbonyl (C=O) groups is 1. The van der Waals surface area contributed by atoms with Crippen molar-refractivity contribution >= 4 is 6.09 Å². The molecule has 0 aromatic heterocycles. The number of carbonyl (C=O) groups excluding carboxylic acids is 1. The van der Waals surface area contributed by atoms with Gasteiger partial charge in [-0.3, -0.25) is 0 Å². The van der Waals surface area contributed by atoms with E-state index in [1.54, 1.807) is 17.1 Å². The van der Waals surface area contributed by atoms with Crippen molar-refractivity contribution in [3.05, 3.63) is 49.1 Å². The molecule has 0 aliphatic carbocycles. The first-order valence-corrected chi connectivity index (χ1v) is 5.23. The topological polar surface area (TPSA) is 29.5 Å². The van der Waals surface area contributed by atoms with E-state index in [0.717, 1.165) is 5.57 Å². The quantitative estimate of drug-likeness (QED) is 0.665. The van der Waals surface area contributed by atoms with Crippen LogP contribution in [-0.2, 0) is 4.74 Å². The highest BCUT2D eigenvalue weighted by Gasteiger charge is 2.27. The Morgan fingerprint density at radius 1 is 1.56 bits per heavy atom. The van der Waals surface area contributed by atoms with E-state index >= 15 is 0 Å². The van der Waals surface area contributed by atoms with E-state index < -0.39 is 0 Å². The van der Waals surface area contributed by atoms with Gasteiger partial charge in [0.1, 0.15) is 6.10 Å². The molecule has 1 aliphatic rings. The highest BCUT2D eigenvalue weighted by molar-refractivity contribution is 5.70. The molecular weight excluding hydrogens is 202 g/mol. The number of nitrogens with zero attached hydrogens (tertiary/aromatic N) is 1. The van der Waals surface area contributed by atoms with E-state index in [1.807, 2.05) is 25.2 Å². The summed E-state index contributed by atoms with van der Waals surface area (Å²) in [5, 5.41) is 0. The molecule has 0 spiro atoms. The normalized spacial score (nSPS) is 21.3. The van der Waals surface area contributed by atoms with E-state index in [2.05, 4.69) is 13.2 Å². The van der Waals surface area contributed by atoms with Gasteiger partial charge in [0, 0.05) is 6.54 Å². The lowest BCUT2D eigenvalue weighted by molar-refractivity contribution is 0.139. The number of ether oxygens (including phenoxy) is 1. The first kappa shape index (κ1) is 12.3. The Morgan fingerprint density at radius 3 is 2.81 bits per heavy atom. The summed E-state index contributed by atoms with van der Waals surface area (Å²) in [7, 11) is 0. The molecule has 1 unspecified atom stereocenters. The molecule has 1 atom stereocenters. The van der Waals surface area contributed by atoms with Crippen LogP contribution in [0.3, 0.4) is 0 Å². The minimum absolute atomic E-state index is 0.0270. The molecule has 0 aromatic rings. The second-order valence-electron chi connectivity index (χ2n) is 3.65. The van der Waals surface area contributed by atoms with Gasteiger partial charge in [-0.1, -0.05) is 43.5 Å². The molecule has 1 fully saturated rings. The van der Waals surface area contributed by atoms with Crippen molar-refractivity contribution in [1.29, 1.82) is 0 Å². The summed E-state index contributed by atoms with van der Waals surface area (Å²) in [4.78, 5) is 13.1. The van der Waals surface area contributed by atoms with Crippen molar-refractivity contribution in [2.45, 2.75) is 13.0 Å². The molecule has 0 bridgehead atoms. The fraction of sp³-hybridized carbons (Fsp3) is 0.308. The Kier molecular flexibility index (Phi) is 4.58. The van der Waals surface area contributed by atoms with Gasteiger partial charge in [0.2, 0.25) is 0 Å². The third-order valence-electron chi connectivity index (χ3n) is 2.19. The molecular formula is C13H17NO2. The average Bonchev–Trinajstić information content (AvgIpc) is 2.54. The van der Waals surface area contributed by atoms with Crippen LogP contribution in [0.5, 0.6) is 0 Å². The van der Waals surface area contributed by atoms with Gasteiger partial charge >= 0.3 is 6.09 Å². The van der Waals surface area contributed by atoms with Crippen LogP contribution in [0, 0.1) is 0 Å². The highest BCUT2D eigenvalue weighted by Crippen LogP contribution is 2.13. The molecule has 1 amide bonds. The fourth-order valence-electron chi connectivity index (χ4n) is 1.52.